The number of hydrogen-bond donors (Lipinski definition) is 0. The van der Waals surface area contributed by atoms with E-state index in [1.807, 2.05) is 0 Å². The molecule has 4 atom stereocenters. The molecule has 0 radical (unpaired) electrons. The SMILES string of the molecule is CC(=O)O[C@@H]1CC[C@@H](OC(=O)C(C)(C)C)[C@@H](OC(=O)C(C)(C)C)[C@H]1I. The Morgan fingerprint density at radius 2 is 1.24 bits per heavy atom. The third-order valence-electron chi connectivity index (χ3n) is 3.81. The minimum absolute atomic E-state index is 0.292. The van der Waals surface area contributed by atoms with Gasteiger partial charge in [0.2, 0.25) is 0 Å². The van der Waals surface area contributed by atoms with Crippen LogP contribution >= 0.6 is 22.6 Å². The van der Waals surface area contributed by atoms with Gasteiger partial charge < -0.3 is 14.2 Å². The fraction of sp³-hybridized carbons (Fsp3) is 0.833. The maximum Gasteiger partial charge on any atom is 0.311 e. The highest BCUT2D eigenvalue weighted by Crippen LogP contribution is 2.34. The second-order valence-corrected chi connectivity index (χ2v) is 9.92. The molecule has 0 N–H and O–H groups in total. The number of carbonyl (C=O) groups is 3. The lowest BCUT2D eigenvalue weighted by Gasteiger charge is -2.40. The molecule has 1 fully saturated rings. The highest BCUT2D eigenvalue weighted by atomic mass is 127. The molecule has 144 valence electrons. The summed E-state index contributed by atoms with van der Waals surface area (Å²) in [7, 11) is 0. The molecule has 0 spiro atoms. The molecular weight excluding hydrogens is 439 g/mol. The number of rotatable bonds is 3. The van der Waals surface area contributed by atoms with Crippen molar-refractivity contribution in [2.24, 2.45) is 10.8 Å². The Hall–Kier alpha value is -0.860. The first kappa shape index (κ1) is 22.2. The number of halogens is 1. The van der Waals surface area contributed by atoms with Crippen molar-refractivity contribution in [3.05, 3.63) is 0 Å². The first-order chi connectivity index (χ1) is 11.2. The predicted octanol–water partition coefficient (Wildman–Crippen LogP) is 3.43. The van der Waals surface area contributed by atoms with Gasteiger partial charge in [-0.3, -0.25) is 14.4 Å². The quantitative estimate of drug-likeness (QED) is 0.273. The molecule has 1 saturated carbocycles. The van der Waals surface area contributed by atoms with Gasteiger partial charge in [0, 0.05) is 6.92 Å². The van der Waals surface area contributed by atoms with E-state index in [-0.39, 0.29) is 27.9 Å². The van der Waals surface area contributed by atoms with Crippen LogP contribution in [0.1, 0.15) is 61.3 Å². The number of alkyl halides is 1. The minimum Gasteiger partial charge on any atom is -0.461 e. The molecule has 0 aromatic carbocycles. The Morgan fingerprint density at radius 3 is 1.68 bits per heavy atom. The second-order valence-electron chi connectivity index (χ2n) is 8.48. The minimum atomic E-state index is -0.677. The summed E-state index contributed by atoms with van der Waals surface area (Å²) < 4.78 is 16.4. The van der Waals surface area contributed by atoms with Gasteiger partial charge in [0.15, 0.2) is 6.10 Å². The lowest BCUT2D eigenvalue weighted by molar-refractivity contribution is -0.186. The summed E-state index contributed by atoms with van der Waals surface area (Å²) in [6, 6.07) is 0. The largest absolute Gasteiger partial charge is 0.461 e. The van der Waals surface area contributed by atoms with E-state index in [1.165, 1.54) is 6.92 Å². The van der Waals surface area contributed by atoms with Crippen LogP contribution in [0, 0.1) is 10.8 Å². The van der Waals surface area contributed by atoms with Crippen molar-refractivity contribution < 1.29 is 28.6 Å². The van der Waals surface area contributed by atoms with Crippen molar-refractivity contribution in [1.82, 2.24) is 0 Å². The number of hydrogen-bond acceptors (Lipinski definition) is 6. The van der Waals surface area contributed by atoms with E-state index in [9.17, 15) is 14.4 Å². The van der Waals surface area contributed by atoms with Crippen LogP contribution in [-0.2, 0) is 28.6 Å². The molecule has 0 aromatic rings. The zero-order valence-electron chi connectivity index (χ0n) is 16.1. The number of esters is 3. The number of ether oxygens (including phenoxy) is 3. The number of carbonyl (C=O) groups excluding carboxylic acids is 3. The van der Waals surface area contributed by atoms with Crippen LogP contribution in [0.5, 0.6) is 0 Å². The maximum absolute atomic E-state index is 12.4. The highest BCUT2D eigenvalue weighted by Gasteiger charge is 2.46. The molecule has 1 rings (SSSR count). The summed E-state index contributed by atoms with van der Waals surface area (Å²) in [4.78, 5) is 36.0. The fourth-order valence-electron chi connectivity index (χ4n) is 2.29. The molecule has 25 heavy (non-hydrogen) atoms. The lowest BCUT2D eigenvalue weighted by Crippen LogP contribution is -2.52. The van der Waals surface area contributed by atoms with Crippen molar-refractivity contribution in [2.75, 3.05) is 0 Å². The molecule has 1 aliphatic carbocycles. The summed E-state index contributed by atoms with van der Waals surface area (Å²) in [5, 5.41) is 0. The summed E-state index contributed by atoms with van der Waals surface area (Å²) >= 11 is 2.11. The van der Waals surface area contributed by atoms with E-state index in [4.69, 9.17) is 14.2 Å². The summed E-state index contributed by atoms with van der Waals surface area (Å²) in [5.74, 6) is -1.10. The van der Waals surface area contributed by atoms with Crippen LogP contribution in [0.3, 0.4) is 0 Å². The van der Waals surface area contributed by atoms with Crippen molar-refractivity contribution in [2.45, 2.75) is 83.5 Å². The van der Waals surface area contributed by atoms with Gasteiger partial charge in [-0.15, -0.1) is 0 Å². The van der Waals surface area contributed by atoms with Crippen LogP contribution in [0.25, 0.3) is 0 Å². The molecule has 6 nitrogen and oxygen atoms in total. The molecule has 0 aromatic heterocycles. The predicted molar refractivity (Wildman–Crippen MR) is 101 cm³/mol. The van der Waals surface area contributed by atoms with Gasteiger partial charge in [-0.05, 0) is 54.4 Å². The normalized spacial score (nSPS) is 27.4. The Bertz CT molecular complexity index is 517. The average molecular weight is 468 g/mol. The molecular formula is C18H29IO6. The Morgan fingerprint density at radius 1 is 0.800 bits per heavy atom. The van der Waals surface area contributed by atoms with E-state index in [0.717, 1.165) is 0 Å². The van der Waals surface area contributed by atoms with E-state index >= 15 is 0 Å². The van der Waals surface area contributed by atoms with Crippen molar-refractivity contribution >= 4 is 40.5 Å². The molecule has 0 saturated heterocycles. The van der Waals surface area contributed by atoms with E-state index in [0.29, 0.717) is 12.8 Å². The van der Waals surface area contributed by atoms with Gasteiger partial charge in [-0.25, -0.2) is 0 Å². The van der Waals surface area contributed by atoms with E-state index in [1.54, 1.807) is 41.5 Å². The third-order valence-corrected chi connectivity index (χ3v) is 5.33. The molecule has 0 aliphatic heterocycles. The van der Waals surface area contributed by atoms with Gasteiger partial charge in [0.05, 0.1) is 14.8 Å². The Balaban J connectivity index is 2.99. The smallest absolute Gasteiger partial charge is 0.311 e. The van der Waals surface area contributed by atoms with Gasteiger partial charge in [0.1, 0.15) is 12.2 Å². The van der Waals surface area contributed by atoms with Crippen LogP contribution in [0.2, 0.25) is 0 Å². The maximum atomic E-state index is 12.4. The van der Waals surface area contributed by atoms with E-state index < -0.39 is 23.0 Å². The molecule has 0 heterocycles. The average Bonchev–Trinajstić information content (AvgIpc) is 2.42. The standard InChI is InChI=1S/C18H29IO6/c1-10(20)23-11-8-9-12(24-15(21)17(2,3)4)14(13(11)19)25-16(22)18(5,6)7/h11-14H,8-9H2,1-7H3/t11-,12-,13+,14-/m1/s1. The monoisotopic (exact) mass is 468 g/mol. The lowest BCUT2D eigenvalue weighted by atomic mass is 9.90. The van der Waals surface area contributed by atoms with Gasteiger partial charge in [0.25, 0.3) is 0 Å². The Labute approximate surface area is 163 Å². The van der Waals surface area contributed by atoms with Gasteiger partial charge in [-0.2, -0.15) is 0 Å². The summed E-state index contributed by atoms with van der Waals surface area (Å²) in [6.45, 7) is 12.0. The van der Waals surface area contributed by atoms with Crippen LogP contribution < -0.4 is 0 Å². The molecule has 0 amide bonds. The van der Waals surface area contributed by atoms with Crippen LogP contribution in [-0.4, -0.2) is 40.1 Å². The first-order valence-corrected chi connectivity index (χ1v) is 9.71. The van der Waals surface area contributed by atoms with Crippen molar-refractivity contribution in [1.29, 1.82) is 0 Å². The van der Waals surface area contributed by atoms with Gasteiger partial charge >= 0.3 is 17.9 Å². The molecule has 0 unspecified atom stereocenters. The summed E-state index contributed by atoms with van der Waals surface area (Å²) in [6.07, 6.45) is -0.552. The fourth-order valence-corrected chi connectivity index (χ4v) is 3.40. The zero-order valence-corrected chi connectivity index (χ0v) is 18.2. The molecule has 7 heteroatoms. The van der Waals surface area contributed by atoms with Crippen LogP contribution in [0.4, 0.5) is 0 Å². The molecule has 1 aliphatic rings. The highest BCUT2D eigenvalue weighted by molar-refractivity contribution is 14.1. The second kappa shape index (κ2) is 8.22. The molecule has 0 bridgehead atoms. The van der Waals surface area contributed by atoms with Gasteiger partial charge in [-0.1, -0.05) is 22.6 Å². The topological polar surface area (TPSA) is 78.9 Å². The third kappa shape index (κ3) is 6.42. The Kier molecular flexibility index (Phi) is 7.30. The van der Waals surface area contributed by atoms with Crippen molar-refractivity contribution in [3.63, 3.8) is 0 Å². The van der Waals surface area contributed by atoms with Crippen LogP contribution in [0.15, 0.2) is 0 Å². The van der Waals surface area contributed by atoms with Crippen molar-refractivity contribution in [3.8, 4) is 0 Å². The first-order valence-electron chi connectivity index (χ1n) is 8.47. The summed E-state index contributed by atoms with van der Waals surface area (Å²) in [5.41, 5.74) is -1.32. The van der Waals surface area contributed by atoms with E-state index in [2.05, 4.69) is 22.6 Å². The zero-order chi connectivity index (χ0) is 19.6.